The molecule has 5 nitrogen and oxygen atoms in total. The molecule has 0 spiro atoms. The van der Waals surface area contributed by atoms with Crippen molar-refractivity contribution in [2.75, 3.05) is 19.6 Å². The molecule has 2 atom stereocenters. The van der Waals surface area contributed by atoms with Crippen LogP contribution in [0.4, 0.5) is 4.39 Å². The van der Waals surface area contributed by atoms with Crippen molar-refractivity contribution in [3.63, 3.8) is 0 Å². The Bertz CT molecular complexity index is 676. The van der Waals surface area contributed by atoms with Gasteiger partial charge in [-0.05, 0) is 50.8 Å². The number of nitrogens with two attached hydrogens (primary N) is 1. The minimum Gasteiger partial charge on any atom is -0.306 e. The van der Waals surface area contributed by atoms with Crippen LogP contribution in [0.15, 0.2) is 23.1 Å². The average molecular weight is 341 g/mol. The van der Waals surface area contributed by atoms with Crippen LogP contribution in [0.2, 0.25) is 0 Å². The fraction of sp³-hybridized carbons (Fsp3) is 0.625. The van der Waals surface area contributed by atoms with Crippen LogP contribution in [-0.2, 0) is 10.0 Å². The van der Waals surface area contributed by atoms with Crippen LogP contribution in [0.25, 0.3) is 0 Å². The zero-order valence-corrected chi connectivity index (χ0v) is 14.2. The van der Waals surface area contributed by atoms with E-state index >= 15 is 0 Å². The SMILES string of the molecule is CC(NC1CCN(CC2CC2)C1)c1ccc(S(N)(=O)=O)cc1F. The van der Waals surface area contributed by atoms with Crippen LogP contribution in [0.5, 0.6) is 0 Å². The van der Waals surface area contributed by atoms with E-state index in [2.05, 4.69) is 10.2 Å². The molecule has 23 heavy (non-hydrogen) atoms. The summed E-state index contributed by atoms with van der Waals surface area (Å²) >= 11 is 0. The third-order valence-corrected chi connectivity index (χ3v) is 5.65. The Kier molecular flexibility index (Phi) is 4.73. The molecule has 128 valence electrons. The van der Waals surface area contributed by atoms with E-state index in [1.807, 2.05) is 6.92 Å². The Morgan fingerprint density at radius 1 is 1.39 bits per heavy atom. The first kappa shape index (κ1) is 16.8. The number of hydrogen-bond acceptors (Lipinski definition) is 4. The van der Waals surface area contributed by atoms with Crippen LogP contribution < -0.4 is 10.5 Å². The van der Waals surface area contributed by atoms with E-state index in [0.717, 1.165) is 31.5 Å². The second kappa shape index (κ2) is 6.47. The summed E-state index contributed by atoms with van der Waals surface area (Å²) < 4.78 is 36.7. The largest absolute Gasteiger partial charge is 0.306 e. The molecule has 1 saturated carbocycles. The molecule has 3 rings (SSSR count). The van der Waals surface area contributed by atoms with Crippen LogP contribution in [0, 0.1) is 11.7 Å². The van der Waals surface area contributed by atoms with Crippen molar-refractivity contribution < 1.29 is 12.8 Å². The molecule has 1 heterocycles. The van der Waals surface area contributed by atoms with Crippen LogP contribution in [-0.4, -0.2) is 39.0 Å². The number of primary sulfonamides is 1. The van der Waals surface area contributed by atoms with E-state index in [1.54, 1.807) is 0 Å². The predicted octanol–water partition coefficient (Wildman–Crippen LogP) is 1.61. The Hall–Kier alpha value is -1.02. The van der Waals surface area contributed by atoms with E-state index in [4.69, 9.17) is 5.14 Å². The van der Waals surface area contributed by atoms with Crippen molar-refractivity contribution in [2.24, 2.45) is 11.1 Å². The summed E-state index contributed by atoms with van der Waals surface area (Å²) in [6.45, 7) is 5.17. The molecule has 0 radical (unpaired) electrons. The maximum absolute atomic E-state index is 14.2. The van der Waals surface area contributed by atoms with Gasteiger partial charge in [0, 0.05) is 30.7 Å². The summed E-state index contributed by atoms with van der Waals surface area (Å²) in [5, 5.41) is 8.48. The molecule has 3 N–H and O–H groups in total. The topological polar surface area (TPSA) is 75.4 Å². The van der Waals surface area contributed by atoms with E-state index in [9.17, 15) is 12.8 Å². The molecule has 0 bridgehead atoms. The first-order chi connectivity index (χ1) is 10.8. The van der Waals surface area contributed by atoms with Gasteiger partial charge in [0.25, 0.3) is 0 Å². The maximum Gasteiger partial charge on any atom is 0.238 e. The Labute approximate surface area is 137 Å². The summed E-state index contributed by atoms with van der Waals surface area (Å²) in [6.07, 6.45) is 3.77. The second-order valence-electron chi connectivity index (χ2n) is 6.81. The van der Waals surface area contributed by atoms with Crippen molar-refractivity contribution in [3.05, 3.63) is 29.6 Å². The second-order valence-corrected chi connectivity index (χ2v) is 8.37. The van der Waals surface area contributed by atoms with Gasteiger partial charge in [-0.3, -0.25) is 0 Å². The van der Waals surface area contributed by atoms with Crippen LogP contribution >= 0.6 is 0 Å². The van der Waals surface area contributed by atoms with Gasteiger partial charge in [0.05, 0.1) is 4.90 Å². The molecule has 1 aromatic rings. The molecule has 1 saturated heterocycles. The molecule has 0 aromatic heterocycles. The van der Waals surface area contributed by atoms with Gasteiger partial charge in [0.2, 0.25) is 10.0 Å². The standard InChI is InChI=1S/C16H24FN3O2S/c1-11(15-5-4-14(8-16(15)17)23(18,21)22)19-13-6-7-20(10-13)9-12-2-3-12/h4-5,8,11-13,19H,2-3,6-7,9-10H2,1H3,(H2,18,21,22). The summed E-state index contributed by atoms with van der Waals surface area (Å²) in [7, 11) is -3.87. The lowest BCUT2D eigenvalue weighted by atomic mass is 10.1. The lowest BCUT2D eigenvalue weighted by Crippen LogP contribution is -2.35. The first-order valence-corrected chi connectivity index (χ1v) is 9.68. The zero-order chi connectivity index (χ0) is 16.6. The molecule has 1 aliphatic carbocycles. The summed E-state index contributed by atoms with van der Waals surface area (Å²) in [6, 6.07) is 4.04. The van der Waals surface area contributed by atoms with Gasteiger partial charge in [-0.1, -0.05) is 6.07 Å². The molecule has 2 fully saturated rings. The highest BCUT2D eigenvalue weighted by Crippen LogP contribution is 2.31. The maximum atomic E-state index is 14.2. The van der Waals surface area contributed by atoms with E-state index in [0.29, 0.717) is 11.6 Å². The van der Waals surface area contributed by atoms with Crippen molar-refractivity contribution in [2.45, 2.75) is 43.2 Å². The number of likely N-dealkylation sites (tertiary alicyclic amines) is 1. The Morgan fingerprint density at radius 3 is 2.74 bits per heavy atom. The predicted molar refractivity (Wildman–Crippen MR) is 86.9 cm³/mol. The van der Waals surface area contributed by atoms with E-state index in [1.165, 1.54) is 31.5 Å². The van der Waals surface area contributed by atoms with E-state index < -0.39 is 15.8 Å². The van der Waals surface area contributed by atoms with Crippen LogP contribution in [0.3, 0.4) is 0 Å². The smallest absolute Gasteiger partial charge is 0.238 e. The molecule has 2 aliphatic rings. The number of halogens is 1. The average Bonchev–Trinajstić information content (AvgIpc) is 3.16. The summed E-state index contributed by atoms with van der Waals surface area (Å²) in [5.41, 5.74) is 0.470. The summed E-state index contributed by atoms with van der Waals surface area (Å²) in [4.78, 5) is 2.28. The van der Waals surface area contributed by atoms with Crippen molar-refractivity contribution >= 4 is 10.0 Å². The molecule has 2 unspecified atom stereocenters. The quantitative estimate of drug-likeness (QED) is 0.824. The van der Waals surface area contributed by atoms with E-state index in [-0.39, 0.29) is 10.9 Å². The first-order valence-electron chi connectivity index (χ1n) is 8.13. The van der Waals surface area contributed by atoms with Gasteiger partial charge in [-0.15, -0.1) is 0 Å². The van der Waals surface area contributed by atoms with Gasteiger partial charge in [-0.25, -0.2) is 17.9 Å². The number of rotatable bonds is 6. The molecule has 1 aliphatic heterocycles. The number of nitrogens with one attached hydrogen (secondary N) is 1. The minimum absolute atomic E-state index is 0.171. The molecule has 1 aromatic carbocycles. The number of benzene rings is 1. The van der Waals surface area contributed by atoms with Crippen molar-refractivity contribution in [1.29, 1.82) is 0 Å². The third kappa shape index (κ3) is 4.29. The fourth-order valence-electron chi connectivity index (χ4n) is 3.28. The lowest BCUT2D eigenvalue weighted by Gasteiger charge is -2.21. The lowest BCUT2D eigenvalue weighted by molar-refractivity contribution is 0.310. The normalized spacial score (nSPS) is 24.0. The van der Waals surface area contributed by atoms with Gasteiger partial charge in [0.1, 0.15) is 5.82 Å². The van der Waals surface area contributed by atoms with Crippen LogP contribution in [0.1, 0.15) is 37.8 Å². The highest BCUT2D eigenvalue weighted by Gasteiger charge is 2.30. The van der Waals surface area contributed by atoms with Crippen molar-refractivity contribution in [1.82, 2.24) is 10.2 Å². The third-order valence-electron chi connectivity index (χ3n) is 4.74. The molecule has 7 heteroatoms. The fourth-order valence-corrected chi connectivity index (χ4v) is 3.80. The summed E-state index contributed by atoms with van der Waals surface area (Å²) in [5.74, 6) is 0.346. The molecular weight excluding hydrogens is 317 g/mol. The van der Waals surface area contributed by atoms with Gasteiger partial charge >= 0.3 is 0 Å². The van der Waals surface area contributed by atoms with Crippen molar-refractivity contribution in [3.8, 4) is 0 Å². The number of nitrogens with zero attached hydrogens (tertiary/aromatic N) is 1. The zero-order valence-electron chi connectivity index (χ0n) is 13.3. The Morgan fingerprint density at radius 2 is 2.13 bits per heavy atom. The Balaban J connectivity index is 1.60. The monoisotopic (exact) mass is 341 g/mol. The number of sulfonamides is 1. The van der Waals surface area contributed by atoms with Gasteiger partial charge in [-0.2, -0.15) is 0 Å². The minimum atomic E-state index is -3.87. The highest BCUT2D eigenvalue weighted by atomic mass is 32.2. The van der Waals surface area contributed by atoms with Gasteiger partial charge < -0.3 is 10.2 Å². The molecule has 0 amide bonds. The molecular formula is C16H24FN3O2S. The number of hydrogen-bond donors (Lipinski definition) is 2. The van der Waals surface area contributed by atoms with Gasteiger partial charge in [0.15, 0.2) is 0 Å². The highest BCUT2D eigenvalue weighted by molar-refractivity contribution is 7.89.